The minimum atomic E-state index is -0.353. The third-order valence-corrected chi connectivity index (χ3v) is 2.67. The Kier molecular flexibility index (Phi) is 4.98. The topological polar surface area (TPSA) is 66.9 Å². The molecule has 0 bridgehead atoms. The highest BCUT2D eigenvalue weighted by Gasteiger charge is 2.01. The van der Waals surface area contributed by atoms with Crippen LogP contribution in [0.3, 0.4) is 0 Å². The SMILES string of the molecule is CCC(CC)NCCn1ccc(=O)[nH]c1=O. The number of nitrogens with zero attached hydrogens (tertiary/aromatic N) is 1. The number of H-pyrrole nitrogens is 1. The molecule has 1 aromatic rings. The molecule has 0 saturated heterocycles. The Bertz CT molecular complexity index is 418. The zero-order chi connectivity index (χ0) is 12.0. The van der Waals surface area contributed by atoms with Gasteiger partial charge in [-0.2, -0.15) is 0 Å². The van der Waals surface area contributed by atoms with Crippen molar-refractivity contribution in [2.75, 3.05) is 6.54 Å². The van der Waals surface area contributed by atoms with Gasteiger partial charge < -0.3 is 5.32 Å². The first-order chi connectivity index (χ1) is 7.67. The first kappa shape index (κ1) is 12.7. The third kappa shape index (κ3) is 3.66. The number of rotatable bonds is 6. The highest BCUT2D eigenvalue weighted by atomic mass is 16.2. The molecular weight excluding hydrogens is 206 g/mol. The highest BCUT2D eigenvalue weighted by Crippen LogP contribution is 1.94. The van der Waals surface area contributed by atoms with E-state index < -0.39 is 0 Å². The number of hydrogen-bond acceptors (Lipinski definition) is 3. The van der Waals surface area contributed by atoms with Crippen LogP contribution < -0.4 is 16.6 Å². The van der Waals surface area contributed by atoms with Gasteiger partial charge in [-0.25, -0.2) is 4.79 Å². The predicted molar refractivity (Wildman–Crippen MR) is 63.7 cm³/mol. The van der Waals surface area contributed by atoms with Crippen LogP contribution in [0.4, 0.5) is 0 Å². The van der Waals surface area contributed by atoms with Gasteiger partial charge in [0.15, 0.2) is 0 Å². The van der Waals surface area contributed by atoms with Crippen molar-refractivity contribution in [1.82, 2.24) is 14.9 Å². The second-order valence-electron chi connectivity index (χ2n) is 3.77. The van der Waals surface area contributed by atoms with E-state index in [2.05, 4.69) is 24.1 Å². The molecule has 1 heterocycles. The fourth-order valence-electron chi connectivity index (χ4n) is 1.59. The van der Waals surface area contributed by atoms with Crippen molar-refractivity contribution >= 4 is 0 Å². The van der Waals surface area contributed by atoms with Gasteiger partial charge in [-0.15, -0.1) is 0 Å². The fourth-order valence-corrected chi connectivity index (χ4v) is 1.59. The van der Waals surface area contributed by atoms with Crippen molar-refractivity contribution in [2.24, 2.45) is 0 Å². The molecule has 0 fully saturated rings. The molecule has 90 valence electrons. The Morgan fingerprint density at radius 3 is 2.62 bits per heavy atom. The lowest BCUT2D eigenvalue weighted by atomic mass is 10.2. The molecule has 5 heteroatoms. The van der Waals surface area contributed by atoms with E-state index >= 15 is 0 Å². The van der Waals surface area contributed by atoms with E-state index in [1.807, 2.05) is 0 Å². The maximum Gasteiger partial charge on any atom is 0.328 e. The van der Waals surface area contributed by atoms with Gasteiger partial charge in [0.05, 0.1) is 0 Å². The fraction of sp³-hybridized carbons (Fsp3) is 0.636. The molecule has 0 unspecified atom stereocenters. The van der Waals surface area contributed by atoms with E-state index in [9.17, 15) is 9.59 Å². The van der Waals surface area contributed by atoms with Gasteiger partial charge in [0.2, 0.25) is 0 Å². The molecule has 1 rings (SSSR count). The molecule has 0 radical (unpaired) electrons. The summed E-state index contributed by atoms with van der Waals surface area (Å²) in [4.78, 5) is 24.4. The molecule has 16 heavy (non-hydrogen) atoms. The molecule has 0 atom stereocenters. The van der Waals surface area contributed by atoms with E-state index in [0.717, 1.165) is 19.4 Å². The first-order valence-corrected chi connectivity index (χ1v) is 5.70. The van der Waals surface area contributed by atoms with Gasteiger partial charge in [-0.05, 0) is 12.8 Å². The van der Waals surface area contributed by atoms with Crippen LogP contribution in [0, 0.1) is 0 Å². The molecule has 0 aliphatic carbocycles. The molecule has 5 nitrogen and oxygen atoms in total. The van der Waals surface area contributed by atoms with Crippen molar-refractivity contribution in [1.29, 1.82) is 0 Å². The number of hydrogen-bond donors (Lipinski definition) is 2. The summed E-state index contributed by atoms with van der Waals surface area (Å²) in [5, 5.41) is 3.36. The lowest BCUT2D eigenvalue weighted by Gasteiger charge is -2.14. The zero-order valence-electron chi connectivity index (χ0n) is 9.82. The molecule has 0 aliphatic heterocycles. The number of aromatic amines is 1. The van der Waals surface area contributed by atoms with E-state index in [4.69, 9.17) is 0 Å². The third-order valence-electron chi connectivity index (χ3n) is 2.67. The van der Waals surface area contributed by atoms with Crippen molar-refractivity contribution in [3.05, 3.63) is 33.1 Å². The Morgan fingerprint density at radius 1 is 1.38 bits per heavy atom. The number of nitrogens with one attached hydrogen (secondary N) is 2. The summed E-state index contributed by atoms with van der Waals surface area (Å²) < 4.78 is 1.50. The van der Waals surface area contributed by atoms with Crippen molar-refractivity contribution in [2.45, 2.75) is 39.3 Å². The van der Waals surface area contributed by atoms with Crippen molar-refractivity contribution in [3.63, 3.8) is 0 Å². The summed E-state index contributed by atoms with van der Waals surface area (Å²) in [5.74, 6) is 0. The van der Waals surface area contributed by atoms with E-state index in [0.29, 0.717) is 12.6 Å². The van der Waals surface area contributed by atoms with Crippen LogP contribution >= 0.6 is 0 Å². The van der Waals surface area contributed by atoms with Gasteiger partial charge in [-0.3, -0.25) is 14.3 Å². The van der Waals surface area contributed by atoms with E-state index in [1.165, 1.54) is 16.8 Å². The average molecular weight is 225 g/mol. The largest absolute Gasteiger partial charge is 0.328 e. The summed E-state index contributed by atoms with van der Waals surface area (Å²) >= 11 is 0. The van der Waals surface area contributed by atoms with Crippen LogP contribution in [-0.2, 0) is 6.54 Å². The zero-order valence-corrected chi connectivity index (χ0v) is 9.82. The second-order valence-corrected chi connectivity index (χ2v) is 3.77. The van der Waals surface area contributed by atoms with Crippen LogP contribution in [0.2, 0.25) is 0 Å². The maximum atomic E-state index is 11.3. The van der Waals surface area contributed by atoms with Crippen LogP contribution in [0.1, 0.15) is 26.7 Å². The molecule has 0 amide bonds. The minimum absolute atomic E-state index is 0.348. The molecule has 0 saturated carbocycles. The lowest BCUT2D eigenvalue weighted by Crippen LogP contribution is -2.35. The van der Waals surface area contributed by atoms with Gasteiger partial charge >= 0.3 is 5.69 Å². The lowest BCUT2D eigenvalue weighted by molar-refractivity contribution is 0.460. The molecule has 1 aromatic heterocycles. The molecular formula is C11H19N3O2. The van der Waals surface area contributed by atoms with Gasteiger partial charge in [0.1, 0.15) is 0 Å². The van der Waals surface area contributed by atoms with Crippen LogP contribution in [0.25, 0.3) is 0 Å². The first-order valence-electron chi connectivity index (χ1n) is 5.70. The standard InChI is InChI=1S/C11H19N3O2/c1-3-9(4-2)12-6-8-14-7-5-10(15)13-11(14)16/h5,7,9,12H,3-4,6,8H2,1-2H3,(H,13,15,16). The molecule has 0 spiro atoms. The van der Waals surface area contributed by atoms with Crippen molar-refractivity contribution < 1.29 is 0 Å². The Balaban J connectivity index is 2.49. The second kappa shape index (κ2) is 6.27. The quantitative estimate of drug-likeness (QED) is 0.732. The summed E-state index contributed by atoms with van der Waals surface area (Å²) in [5.41, 5.74) is -0.701. The van der Waals surface area contributed by atoms with Crippen LogP contribution in [0.15, 0.2) is 21.9 Å². The van der Waals surface area contributed by atoms with Crippen LogP contribution in [-0.4, -0.2) is 22.1 Å². The minimum Gasteiger partial charge on any atom is -0.312 e. The van der Waals surface area contributed by atoms with Crippen LogP contribution in [0.5, 0.6) is 0 Å². The summed E-state index contributed by atoms with van der Waals surface area (Å²) in [6, 6.07) is 1.86. The number of aromatic nitrogens is 2. The van der Waals surface area contributed by atoms with Crippen molar-refractivity contribution in [3.8, 4) is 0 Å². The monoisotopic (exact) mass is 225 g/mol. The van der Waals surface area contributed by atoms with Gasteiger partial charge in [0, 0.05) is 31.4 Å². The average Bonchev–Trinajstić information content (AvgIpc) is 2.27. The van der Waals surface area contributed by atoms with E-state index in [-0.39, 0.29) is 11.2 Å². The molecule has 0 aromatic carbocycles. The normalized spacial score (nSPS) is 10.9. The predicted octanol–water partition coefficient (Wildman–Crippen LogP) is 0.315. The molecule has 0 aliphatic rings. The summed E-state index contributed by atoms with van der Waals surface area (Å²) in [6.07, 6.45) is 3.68. The Labute approximate surface area is 94.5 Å². The maximum absolute atomic E-state index is 11.3. The smallest absolute Gasteiger partial charge is 0.312 e. The molecule has 2 N–H and O–H groups in total. The van der Waals surface area contributed by atoms with Gasteiger partial charge in [0.25, 0.3) is 5.56 Å². The van der Waals surface area contributed by atoms with E-state index in [1.54, 1.807) is 0 Å². The highest BCUT2D eigenvalue weighted by molar-refractivity contribution is 4.82. The summed E-state index contributed by atoms with van der Waals surface area (Å²) in [6.45, 7) is 5.57. The Morgan fingerprint density at radius 2 is 2.06 bits per heavy atom. The summed E-state index contributed by atoms with van der Waals surface area (Å²) in [7, 11) is 0. The van der Waals surface area contributed by atoms with Gasteiger partial charge in [-0.1, -0.05) is 13.8 Å². The Hall–Kier alpha value is -1.36.